The van der Waals surface area contributed by atoms with Crippen LogP contribution in [0.25, 0.3) is 21.5 Å². The molecule has 0 radical (unpaired) electrons. The number of nitrogens with one attached hydrogen (secondary N) is 2. The first-order chi connectivity index (χ1) is 8.43. The minimum absolute atomic E-state index is 0.195. The number of rotatable bonds is 0. The highest BCUT2D eigenvalue weighted by molar-refractivity contribution is 6.04. The van der Waals surface area contributed by atoms with Crippen LogP contribution in [0, 0.1) is 13.8 Å². The van der Waals surface area contributed by atoms with Crippen molar-refractivity contribution in [3.8, 4) is 0 Å². The summed E-state index contributed by atoms with van der Waals surface area (Å²) in [4.78, 5) is 51.1. The van der Waals surface area contributed by atoms with Crippen LogP contribution in [-0.2, 0) is 0 Å². The lowest BCUT2D eigenvalue weighted by atomic mass is 9.98. The molecule has 2 heterocycles. The van der Waals surface area contributed by atoms with E-state index in [1.54, 1.807) is 13.8 Å². The fourth-order valence-corrected chi connectivity index (χ4v) is 2.59. The van der Waals surface area contributed by atoms with Gasteiger partial charge in [0, 0.05) is 0 Å². The lowest BCUT2D eigenvalue weighted by molar-refractivity contribution is 1.25. The lowest BCUT2D eigenvalue weighted by Gasteiger charge is -2.00. The van der Waals surface area contributed by atoms with Crippen LogP contribution in [0.15, 0.2) is 19.2 Å². The van der Waals surface area contributed by atoms with E-state index in [0.717, 1.165) is 0 Å². The Morgan fingerprint density at radius 1 is 0.556 bits per heavy atom. The minimum atomic E-state index is -0.523. The second-order valence-electron chi connectivity index (χ2n) is 4.32. The molecule has 0 fully saturated rings. The Balaban J connectivity index is 2.94. The van der Waals surface area contributed by atoms with E-state index in [1.807, 2.05) is 0 Å². The molecule has 0 atom stereocenters. The van der Waals surface area contributed by atoms with Gasteiger partial charge >= 0.3 is 0 Å². The summed E-state index contributed by atoms with van der Waals surface area (Å²) in [7, 11) is 0. The van der Waals surface area contributed by atoms with Gasteiger partial charge in [0.2, 0.25) is 0 Å². The van der Waals surface area contributed by atoms with Crippen LogP contribution < -0.4 is 22.2 Å². The molecular formula is C12H8N2O4. The van der Waals surface area contributed by atoms with Crippen LogP contribution in [0.5, 0.6) is 0 Å². The molecule has 0 unspecified atom stereocenters. The third-order valence-corrected chi connectivity index (χ3v) is 3.36. The number of aryl methyl sites for hydroxylation is 2. The van der Waals surface area contributed by atoms with E-state index in [-0.39, 0.29) is 21.5 Å². The summed E-state index contributed by atoms with van der Waals surface area (Å²) in [5, 5.41) is 0.782. The molecule has 0 spiro atoms. The zero-order valence-corrected chi connectivity index (χ0v) is 9.63. The highest BCUT2D eigenvalue weighted by Crippen LogP contribution is 2.23. The molecule has 0 aliphatic rings. The van der Waals surface area contributed by atoms with Crippen molar-refractivity contribution < 1.29 is 0 Å². The van der Waals surface area contributed by atoms with Gasteiger partial charge in [0.25, 0.3) is 22.2 Å². The van der Waals surface area contributed by atoms with Gasteiger partial charge in [-0.2, -0.15) is 0 Å². The summed E-state index contributed by atoms with van der Waals surface area (Å²) in [6, 6.07) is 0. The monoisotopic (exact) mass is 244 g/mol. The quantitative estimate of drug-likeness (QED) is 0.561. The Kier molecular flexibility index (Phi) is 1.80. The Morgan fingerprint density at radius 3 is 1.00 bits per heavy atom. The second-order valence-corrected chi connectivity index (χ2v) is 4.32. The second kappa shape index (κ2) is 3.04. The number of hydrogen-bond donors (Lipinski definition) is 2. The average molecular weight is 244 g/mol. The number of H-pyrrole nitrogens is 2. The molecule has 2 N–H and O–H groups in total. The zero-order valence-electron chi connectivity index (χ0n) is 9.63. The van der Waals surface area contributed by atoms with Crippen molar-refractivity contribution in [2.24, 2.45) is 0 Å². The third-order valence-electron chi connectivity index (χ3n) is 3.36. The summed E-state index contributed by atoms with van der Waals surface area (Å²) in [5.41, 5.74) is -1.35. The molecule has 3 rings (SSSR count). The Labute approximate surface area is 98.6 Å². The van der Waals surface area contributed by atoms with Gasteiger partial charge in [0.05, 0.1) is 21.5 Å². The number of benzene rings is 1. The van der Waals surface area contributed by atoms with Crippen molar-refractivity contribution in [2.75, 3.05) is 0 Å². The van der Waals surface area contributed by atoms with Crippen LogP contribution in [-0.4, -0.2) is 9.97 Å². The fourth-order valence-electron chi connectivity index (χ4n) is 2.59. The van der Waals surface area contributed by atoms with E-state index in [2.05, 4.69) is 9.97 Å². The summed E-state index contributed by atoms with van der Waals surface area (Å²) in [6.07, 6.45) is 0. The van der Waals surface area contributed by atoms with Gasteiger partial charge in [-0.15, -0.1) is 0 Å². The molecule has 90 valence electrons. The van der Waals surface area contributed by atoms with Crippen LogP contribution in [0.4, 0.5) is 0 Å². The van der Waals surface area contributed by atoms with Gasteiger partial charge in [-0.05, 0) is 25.0 Å². The summed E-state index contributed by atoms with van der Waals surface area (Å²) >= 11 is 0. The molecule has 18 heavy (non-hydrogen) atoms. The summed E-state index contributed by atoms with van der Waals surface area (Å²) in [5.74, 6) is 0. The summed E-state index contributed by atoms with van der Waals surface area (Å²) < 4.78 is 0. The normalized spacial score (nSPS) is 11.7. The minimum Gasteiger partial charge on any atom is -0.288 e. The number of aromatic nitrogens is 2. The highest BCUT2D eigenvalue weighted by Gasteiger charge is 2.20. The van der Waals surface area contributed by atoms with E-state index in [4.69, 9.17) is 0 Å². The van der Waals surface area contributed by atoms with Crippen molar-refractivity contribution in [3.05, 3.63) is 52.5 Å². The first kappa shape index (κ1) is 10.6. The Hall–Kier alpha value is -2.50. The predicted molar refractivity (Wildman–Crippen MR) is 67.1 cm³/mol. The van der Waals surface area contributed by atoms with Crippen molar-refractivity contribution in [1.82, 2.24) is 9.97 Å². The molecule has 6 nitrogen and oxygen atoms in total. The lowest BCUT2D eigenvalue weighted by Crippen LogP contribution is -2.08. The Bertz CT molecular complexity index is 854. The average Bonchev–Trinajstić information content (AvgIpc) is 2.73. The molecule has 0 saturated heterocycles. The molecule has 1 aromatic carbocycles. The van der Waals surface area contributed by atoms with Crippen LogP contribution in [0.3, 0.4) is 0 Å². The maximum atomic E-state index is 11.7. The van der Waals surface area contributed by atoms with Crippen molar-refractivity contribution in [2.45, 2.75) is 13.8 Å². The predicted octanol–water partition coefficient (Wildman–Crippen LogP) is -0.418. The molecule has 0 bridgehead atoms. The van der Waals surface area contributed by atoms with Gasteiger partial charge in [0.1, 0.15) is 0 Å². The smallest absolute Gasteiger partial charge is 0.259 e. The van der Waals surface area contributed by atoms with Gasteiger partial charge < -0.3 is 0 Å². The van der Waals surface area contributed by atoms with E-state index < -0.39 is 22.2 Å². The van der Waals surface area contributed by atoms with Crippen LogP contribution in [0.2, 0.25) is 0 Å². The summed E-state index contributed by atoms with van der Waals surface area (Å²) in [6.45, 7) is 3.13. The fraction of sp³-hybridized carbons (Fsp3) is 0.167. The molecular weight excluding hydrogens is 236 g/mol. The van der Waals surface area contributed by atoms with Crippen LogP contribution in [0.1, 0.15) is 11.1 Å². The first-order valence-corrected chi connectivity index (χ1v) is 5.32. The highest BCUT2D eigenvalue weighted by atomic mass is 16.2. The molecule has 0 aliphatic carbocycles. The van der Waals surface area contributed by atoms with E-state index >= 15 is 0 Å². The van der Waals surface area contributed by atoms with Crippen LogP contribution >= 0.6 is 0 Å². The standard InChI is InChI=1S/C12H8N2O4/c1-3-5-7(11(17)13-9(5)15)4(2)8-6(3)10(16)14-12(8)18/h1-2H3,(H,13,15,17)(H,14,16,18). The maximum Gasteiger partial charge on any atom is 0.259 e. The van der Waals surface area contributed by atoms with E-state index in [0.29, 0.717) is 11.1 Å². The van der Waals surface area contributed by atoms with Crippen molar-refractivity contribution >= 4 is 21.5 Å². The number of hydrogen-bond acceptors (Lipinski definition) is 4. The van der Waals surface area contributed by atoms with Gasteiger partial charge in [0.15, 0.2) is 0 Å². The van der Waals surface area contributed by atoms with E-state index in [1.165, 1.54) is 0 Å². The van der Waals surface area contributed by atoms with E-state index in [9.17, 15) is 19.2 Å². The number of fused-ring (bicyclic) bond motifs is 2. The van der Waals surface area contributed by atoms with Gasteiger partial charge in [-0.25, -0.2) is 0 Å². The molecule has 3 aromatic rings. The van der Waals surface area contributed by atoms with Gasteiger partial charge in [-0.3, -0.25) is 29.1 Å². The topological polar surface area (TPSA) is 99.9 Å². The molecule has 6 heteroatoms. The number of aromatic amines is 2. The first-order valence-electron chi connectivity index (χ1n) is 5.32. The SMILES string of the molecule is Cc1c2c(=O)[nH]c(=O)c2c(C)c2c(=O)[nH]c(=O)c12. The maximum absolute atomic E-state index is 11.7. The third kappa shape index (κ3) is 1.02. The molecule has 0 aliphatic heterocycles. The Morgan fingerprint density at radius 2 is 0.778 bits per heavy atom. The van der Waals surface area contributed by atoms with Gasteiger partial charge in [-0.1, -0.05) is 0 Å². The molecule has 0 saturated carbocycles. The largest absolute Gasteiger partial charge is 0.288 e. The molecule has 2 aromatic heterocycles. The van der Waals surface area contributed by atoms with Crippen molar-refractivity contribution in [1.29, 1.82) is 0 Å². The molecule has 0 amide bonds. The van der Waals surface area contributed by atoms with Crippen molar-refractivity contribution in [3.63, 3.8) is 0 Å². The zero-order chi connectivity index (χ0) is 13.2.